The van der Waals surface area contributed by atoms with Gasteiger partial charge in [-0.1, -0.05) is 0 Å². The van der Waals surface area contributed by atoms with E-state index in [0.29, 0.717) is 38.0 Å². The van der Waals surface area contributed by atoms with E-state index in [2.05, 4.69) is 5.10 Å². The first kappa shape index (κ1) is 15.8. The van der Waals surface area contributed by atoms with Crippen LogP contribution in [0.2, 0.25) is 0 Å². The third-order valence-electron chi connectivity index (χ3n) is 2.68. The molecule has 0 aliphatic rings. The molecule has 0 aliphatic heterocycles. The molecule has 1 aromatic rings. The van der Waals surface area contributed by atoms with Crippen molar-refractivity contribution in [2.75, 3.05) is 39.3 Å². The van der Waals surface area contributed by atoms with Gasteiger partial charge >= 0.3 is 0 Å². The fourth-order valence-electron chi connectivity index (χ4n) is 1.61. The molecule has 1 heterocycles. The van der Waals surface area contributed by atoms with Gasteiger partial charge in [0, 0.05) is 20.1 Å². The van der Waals surface area contributed by atoms with Gasteiger partial charge in [-0.15, -0.1) is 0 Å². The zero-order chi connectivity index (χ0) is 14.3. The fraction of sp³-hybridized carbons (Fsp3) is 0.769. The van der Waals surface area contributed by atoms with Crippen molar-refractivity contribution in [3.63, 3.8) is 0 Å². The van der Waals surface area contributed by atoms with Crippen LogP contribution in [0.1, 0.15) is 32.0 Å². The number of nitrogens with zero attached hydrogens (tertiary/aromatic N) is 2. The highest BCUT2D eigenvalue weighted by molar-refractivity contribution is 5.52. The van der Waals surface area contributed by atoms with Gasteiger partial charge in [0.1, 0.15) is 5.69 Å². The lowest BCUT2D eigenvalue weighted by Crippen LogP contribution is -2.11. The van der Waals surface area contributed by atoms with E-state index >= 15 is 0 Å². The van der Waals surface area contributed by atoms with Gasteiger partial charge in [-0.2, -0.15) is 5.10 Å². The second-order valence-electron chi connectivity index (χ2n) is 4.65. The molecule has 6 nitrogen and oxygen atoms in total. The molecule has 0 atom stereocenters. The summed E-state index contributed by atoms with van der Waals surface area (Å²) < 4.78 is 17.8. The average molecular weight is 271 g/mol. The summed E-state index contributed by atoms with van der Waals surface area (Å²) in [5.41, 5.74) is 7.39. The van der Waals surface area contributed by atoms with Crippen molar-refractivity contribution in [2.24, 2.45) is 0 Å². The number of nitrogen functional groups attached to an aromatic ring is 1. The van der Waals surface area contributed by atoms with E-state index in [-0.39, 0.29) is 6.04 Å². The van der Waals surface area contributed by atoms with E-state index in [1.807, 2.05) is 25.5 Å². The highest BCUT2D eigenvalue weighted by Crippen LogP contribution is 2.27. The molecule has 0 spiro atoms. The van der Waals surface area contributed by atoms with Crippen molar-refractivity contribution >= 4 is 5.69 Å². The number of ether oxygens (including phenoxy) is 3. The maximum absolute atomic E-state index is 5.97. The smallest absolute Gasteiger partial charge is 0.236 e. The summed E-state index contributed by atoms with van der Waals surface area (Å²) in [6.45, 7) is 8.43. The molecular formula is C13H25N3O3. The zero-order valence-electron chi connectivity index (χ0n) is 12.3. The minimum Gasteiger partial charge on any atom is -0.476 e. The normalized spacial score (nSPS) is 11.2. The Morgan fingerprint density at radius 1 is 1.21 bits per heavy atom. The van der Waals surface area contributed by atoms with Crippen LogP contribution in [0.5, 0.6) is 5.88 Å². The topological polar surface area (TPSA) is 71.5 Å². The van der Waals surface area contributed by atoms with Crippen LogP contribution < -0.4 is 10.5 Å². The molecule has 6 heteroatoms. The van der Waals surface area contributed by atoms with Crippen LogP contribution in [0, 0.1) is 6.92 Å². The van der Waals surface area contributed by atoms with Gasteiger partial charge in [-0.3, -0.25) is 0 Å². The lowest BCUT2D eigenvalue weighted by Gasteiger charge is -2.12. The lowest BCUT2D eigenvalue weighted by molar-refractivity contribution is 0.0638. The molecule has 0 aromatic carbocycles. The molecule has 110 valence electrons. The van der Waals surface area contributed by atoms with Crippen molar-refractivity contribution in [3.8, 4) is 5.88 Å². The first-order valence-electron chi connectivity index (χ1n) is 6.62. The first-order chi connectivity index (χ1) is 9.07. The summed E-state index contributed by atoms with van der Waals surface area (Å²) >= 11 is 0. The Labute approximate surface area is 114 Å². The molecule has 1 rings (SSSR count). The summed E-state index contributed by atoms with van der Waals surface area (Å²) in [7, 11) is 1.66. The standard InChI is InChI=1S/C13H25N3O3/c1-10(2)16-13(12(14)11(3)15-16)19-7-5-6-18-9-8-17-4/h10H,5-9,14H2,1-4H3. The van der Waals surface area contributed by atoms with Gasteiger partial charge in [-0.25, -0.2) is 4.68 Å². The predicted molar refractivity (Wildman–Crippen MR) is 74.6 cm³/mol. The Bertz CT molecular complexity index is 377. The molecule has 0 fully saturated rings. The van der Waals surface area contributed by atoms with Crippen molar-refractivity contribution in [1.29, 1.82) is 0 Å². The van der Waals surface area contributed by atoms with Gasteiger partial charge in [0.2, 0.25) is 5.88 Å². The monoisotopic (exact) mass is 271 g/mol. The Morgan fingerprint density at radius 3 is 2.58 bits per heavy atom. The van der Waals surface area contributed by atoms with Crippen LogP contribution in [0.25, 0.3) is 0 Å². The van der Waals surface area contributed by atoms with E-state index < -0.39 is 0 Å². The van der Waals surface area contributed by atoms with Crippen LogP contribution in [-0.2, 0) is 9.47 Å². The second kappa shape index (κ2) is 8.01. The quantitative estimate of drug-likeness (QED) is 0.693. The SMILES string of the molecule is COCCOCCCOc1c(N)c(C)nn1C(C)C. The van der Waals surface area contributed by atoms with E-state index in [1.165, 1.54) is 0 Å². The summed E-state index contributed by atoms with van der Waals surface area (Å²) in [5, 5.41) is 4.37. The number of hydrogen-bond donors (Lipinski definition) is 1. The molecule has 0 bridgehead atoms. The third-order valence-corrected chi connectivity index (χ3v) is 2.68. The number of hydrogen-bond acceptors (Lipinski definition) is 5. The van der Waals surface area contributed by atoms with Gasteiger partial charge < -0.3 is 19.9 Å². The Balaban J connectivity index is 2.36. The largest absolute Gasteiger partial charge is 0.476 e. The first-order valence-corrected chi connectivity index (χ1v) is 6.62. The lowest BCUT2D eigenvalue weighted by atomic mass is 10.4. The number of anilines is 1. The minimum atomic E-state index is 0.226. The third kappa shape index (κ3) is 4.72. The van der Waals surface area contributed by atoms with E-state index in [9.17, 15) is 0 Å². The predicted octanol–water partition coefficient (Wildman–Crippen LogP) is 1.79. The number of aryl methyl sites for hydroxylation is 1. The maximum Gasteiger partial charge on any atom is 0.236 e. The number of aromatic nitrogens is 2. The number of methoxy groups -OCH3 is 1. The summed E-state index contributed by atoms with van der Waals surface area (Å²) in [5.74, 6) is 0.657. The van der Waals surface area contributed by atoms with Gasteiger partial charge in [-0.05, 0) is 20.8 Å². The van der Waals surface area contributed by atoms with Crippen LogP contribution >= 0.6 is 0 Å². The molecule has 0 aliphatic carbocycles. The Hall–Kier alpha value is -1.27. The molecule has 0 saturated heterocycles. The van der Waals surface area contributed by atoms with Crippen molar-refractivity contribution < 1.29 is 14.2 Å². The number of nitrogens with two attached hydrogens (primary N) is 1. The molecule has 19 heavy (non-hydrogen) atoms. The Morgan fingerprint density at radius 2 is 1.95 bits per heavy atom. The summed E-state index contributed by atoms with van der Waals surface area (Å²) in [6.07, 6.45) is 0.811. The van der Waals surface area contributed by atoms with Crippen molar-refractivity contribution in [3.05, 3.63) is 5.69 Å². The van der Waals surface area contributed by atoms with Crippen LogP contribution in [-0.4, -0.2) is 43.3 Å². The maximum atomic E-state index is 5.97. The van der Waals surface area contributed by atoms with E-state index in [0.717, 1.165) is 12.1 Å². The second-order valence-corrected chi connectivity index (χ2v) is 4.65. The highest BCUT2D eigenvalue weighted by atomic mass is 16.5. The van der Waals surface area contributed by atoms with Crippen molar-refractivity contribution in [2.45, 2.75) is 33.2 Å². The van der Waals surface area contributed by atoms with Crippen LogP contribution in [0.4, 0.5) is 5.69 Å². The molecular weight excluding hydrogens is 246 g/mol. The van der Waals surface area contributed by atoms with Crippen molar-refractivity contribution in [1.82, 2.24) is 9.78 Å². The van der Waals surface area contributed by atoms with E-state index in [4.69, 9.17) is 19.9 Å². The van der Waals surface area contributed by atoms with Gasteiger partial charge in [0.15, 0.2) is 0 Å². The minimum absolute atomic E-state index is 0.226. The molecule has 0 radical (unpaired) electrons. The molecule has 0 saturated carbocycles. The average Bonchev–Trinajstić information content (AvgIpc) is 2.66. The molecule has 0 amide bonds. The van der Waals surface area contributed by atoms with Crippen LogP contribution in [0.15, 0.2) is 0 Å². The molecule has 2 N–H and O–H groups in total. The van der Waals surface area contributed by atoms with Gasteiger partial charge in [0.25, 0.3) is 0 Å². The highest BCUT2D eigenvalue weighted by Gasteiger charge is 2.15. The van der Waals surface area contributed by atoms with Crippen LogP contribution in [0.3, 0.4) is 0 Å². The summed E-state index contributed by atoms with van der Waals surface area (Å²) in [6, 6.07) is 0.226. The fourth-order valence-corrected chi connectivity index (χ4v) is 1.61. The number of rotatable bonds is 9. The molecule has 0 unspecified atom stereocenters. The summed E-state index contributed by atoms with van der Waals surface area (Å²) in [4.78, 5) is 0. The molecule has 1 aromatic heterocycles. The Kier molecular flexibility index (Phi) is 6.66. The zero-order valence-corrected chi connectivity index (χ0v) is 12.3. The van der Waals surface area contributed by atoms with E-state index in [1.54, 1.807) is 7.11 Å². The van der Waals surface area contributed by atoms with Gasteiger partial charge in [0.05, 0.1) is 31.6 Å².